The molecule has 0 saturated carbocycles. The predicted octanol–water partition coefficient (Wildman–Crippen LogP) is 4.28. The van der Waals surface area contributed by atoms with Crippen LogP contribution in [0.25, 0.3) is 15.9 Å². The molecule has 1 aliphatic rings. The number of aromatic amines is 1. The Hall–Kier alpha value is -5.19. The second-order valence-electron chi connectivity index (χ2n) is 9.74. The van der Waals surface area contributed by atoms with Gasteiger partial charge in [-0.15, -0.1) is 0 Å². The summed E-state index contributed by atoms with van der Waals surface area (Å²) >= 11 is 13.1. The lowest BCUT2D eigenvalue weighted by Crippen LogP contribution is -2.44. The molecule has 1 aliphatic heterocycles. The molecule has 2 amide bonds. The molecular formula is C29H23Cl2FN8O4. The highest BCUT2D eigenvalue weighted by Gasteiger charge is 2.30. The fourth-order valence-electron chi connectivity index (χ4n) is 4.71. The standard InChI is InChI=1S/C29H23Cl2FN8O4/c1-33-39-29(36-19-6-4-18(32)5-7-19)34-13-23(28(43)44)37-26(41)24-21(30)10-17-14-40(9-8-20(17)25(24)31)27(42)15-2-3-16-12-35-38-22(16)11-15/h2-7,10-12,23H,8-9,13-14H2,(H,35,38)(H,37,41)(H,43,44)(H2,34,36,39)/t23-/m0/s1. The molecule has 15 heteroatoms. The molecule has 0 radical (unpaired) electrons. The Morgan fingerprint density at radius 2 is 1.95 bits per heavy atom. The van der Waals surface area contributed by atoms with Crippen molar-refractivity contribution in [2.45, 2.75) is 19.0 Å². The van der Waals surface area contributed by atoms with Crippen LogP contribution in [-0.2, 0) is 17.8 Å². The maximum Gasteiger partial charge on any atom is 0.328 e. The van der Waals surface area contributed by atoms with E-state index in [1.807, 2.05) is 6.07 Å². The van der Waals surface area contributed by atoms with E-state index in [1.165, 1.54) is 24.3 Å². The third-order valence-corrected chi connectivity index (χ3v) is 7.63. The van der Waals surface area contributed by atoms with Crippen LogP contribution >= 0.6 is 23.2 Å². The number of carbonyl (C=O) groups is 3. The monoisotopic (exact) mass is 636 g/mol. The van der Waals surface area contributed by atoms with Crippen LogP contribution in [0.5, 0.6) is 0 Å². The van der Waals surface area contributed by atoms with E-state index < -0.39 is 30.3 Å². The van der Waals surface area contributed by atoms with Crippen LogP contribution in [0.4, 0.5) is 10.1 Å². The summed E-state index contributed by atoms with van der Waals surface area (Å²) in [6.45, 7) is 7.13. The van der Waals surface area contributed by atoms with Crippen LogP contribution in [0.3, 0.4) is 0 Å². The first kappa shape index (κ1) is 30.3. The number of carboxylic acid groups (broad SMARTS) is 1. The smallest absolute Gasteiger partial charge is 0.328 e. The number of carbonyl (C=O) groups excluding carboxylic acids is 2. The summed E-state index contributed by atoms with van der Waals surface area (Å²) in [5.74, 6) is -2.98. The van der Waals surface area contributed by atoms with Gasteiger partial charge in [0.1, 0.15) is 11.9 Å². The van der Waals surface area contributed by atoms with Gasteiger partial charge in [0, 0.05) is 29.7 Å². The molecule has 1 atom stereocenters. The molecule has 3 aromatic carbocycles. The van der Waals surface area contributed by atoms with Crippen molar-refractivity contribution in [3.8, 4) is 0 Å². The van der Waals surface area contributed by atoms with Crippen LogP contribution < -0.4 is 16.1 Å². The number of anilines is 1. The average molecular weight is 637 g/mol. The highest BCUT2D eigenvalue weighted by atomic mass is 35.5. The number of aliphatic imine (C=N–C) groups is 1. The number of nitrogens with one attached hydrogen (secondary N) is 4. The fourth-order valence-corrected chi connectivity index (χ4v) is 5.47. The highest BCUT2D eigenvalue weighted by molar-refractivity contribution is 6.40. The lowest BCUT2D eigenvalue weighted by molar-refractivity contribution is -0.138. The lowest BCUT2D eigenvalue weighted by atomic mass is 9.96. The van der Waals surface area contributed by atoms with Gasteiger partial charge in [-0.05, 0) is 60.0 Å². The summed E-state index contributed by atoms with van der Waals surface area (Å²) in [6.07, 6.45) is 2.01. The van der Waals surface area contributed by atoms with Crippen molar-refractivity contribution in [1.82, 2.24) is 25.8 Å². The molecule has 5 N–H and O–H groups in total. The number of amides is 2. The van der Waals surface area contributed by atoms with Gasteiger partial charge in [-0.3, -0.25) is 14.7 Å². The number of carboxylic acids is 1. The Morgan fingerprint density at radius 1 is 1.18 bits per heavy atom. The van der Waals surface area contributed by atoms with Crippen LogP contribution in [0.15, 0.2) is 59.7 Å². The van der Waals surface area contributed by atoms with Crippen LogP contribution in [-0.4, -0.2) is 63.1 Å². The van der Waals surface area contributed by atoms with Gasteiger partial charge in [0.2, 0.25) is 0 Å². The average Bonchev–Trinajstić information content (AvgIpc) is 3.47. The Bertz CT molecular complexity index is 1840. The van der Waals surface area contributed by atoms with Crippen molar-refractivity contribution < 1.29 is 23.9 Å². The van der Waals surface area contributed by atoms with Crippen molar-refractivity contribution in [3.05, 3.63) is 104 Å². The number of nitrogens with zero attached hydrogens (tertiary/aromatic N) is 4. The Morgan fingerprint density at radius 3 is 2.68 bits per heavy atom. The molecule has 44 heavy (non-hydrogen) atoms. The Kier molecular flexibility index (Phi) is 8.94. The zero-order valence-corrected chi connectivity index (χ0v) is 24.2. The van der Waals surface area contributed by atoms with Crippen molar-refractivity contribution >= 4 is 63.5 Å². The van der Waals surface area contributed by atoms with E-state index in [-0.39, 0.29) is 34.0 Å². The van der Waals surface area contributed by atoms with E-state index in [9.17, 15) is 23.9 Å². The fraction of sp³-hybridized carbons (Fsp3) is 0.172. The summed E-state index contributed by atoms with van der Waals surface area (Å²) in [6, 6.07) is 10.5. The van der Waals surface area contributed by atoms with E-state index in [0.29, 0.717) is 35.3 Å². The molecule has 224 valence electrons. The molecule has 0 fully saturated rings. The summed E-state index contributed by atoms with van der Waals surface area (Å²) in [7, 11) is 0. The zero-order chi connectivity index (χ0) is 31.4. The van der Waals surface area contributed by atoms with Crippen LogP contribution in [0.2, 0.25) is 10.0 Å². The molecule has 1 aromatic heterocycles. The minimum absolute atomic E-state index is 0.0135. The van der Waals surface area contributed by atoms with Crippen molar-refractivity contribution in [1.29, 1.82) is 0 Å². The minimum Gasteiger partial charge on any atom is -0.480 e. The number of hydrogen-bond donors (Lipinski definition) is 5. The van der Waals surface area contributed by atoms with Gasteiger partial charge in [-0.2, -0.15) is 16.6 Å². The third-order valence-electron chi connectivity index (χ3n) is 6.91. The van der Waals surface area contributed by atoms with Crippen LogP contribution in [0.1, 0.15) is 31.8 Å². The first-order valence-electron chi connectivity index (χ1n) is 13.1. The number of fused-ring (bicyclic) bond motifs is 2. The summed E-state index contributed by atoms with van der Waals surface area (Å²) in [4.78, 5) is 47.2. The van der Waals surface area contributed by atoms with Gasteiger partial charge < -0.3 is 20.6 Å². The maximum atomic E-state index is 13.2. The van der Waals surface area contributed by atoms with Gasteiger partial charge in [-0.1, -0.05) is 34.7 Å². The topological polar surface area (TPSA) is 156 Å². The number of aromatic nitrogens is 2. The van der Waals surface area contributed by atoms with Crippen molar-refractivity contribution in [3.63, 3.8) is 0 Å². The Labute approximate surface area is 259 Å². The van der Waals surface area contributed by atoms with Crippen molar-refractivity contribution in [2.24, 2.45) is 4.99 Å². The molecule has 0 saturated heterocycles. The minimum atomic E-state index is -1.51. The second kappa shape index (κ2) is 13.0. The Balaban J connectivity index is 1.30. The van der Waals surface area contributed by atoms with Gasteiger partial charge in [0.05, 0.1) is 33.9 Å². The molecule has 12 nitrogen and oxygen atoms in total. The first-order chi connectivity index (χ1) is 21.1. The lowest BCUT2D eigenvalue weighted by Gasteiger charge is -2.30. The number of guanidine groups is 1. The molecule has 0 aliphatic carbocycles. The zero-order valence-electron chi connectivity index (χ0n) is 22.7. The van der Waals surface area contributed by atoms with E-state index in [1.54, 1.807) is 29.3 Å². The van der Waals surface area contributed by atoms with Crippen LogP contribution in [0, 0.1) is 12.4 Å². The van der Waals surface area contributed by atoms with Gasteiger partial charge in [-0.25, -0.2) is 14.2 Å². The van der Waals surface area contributed by atoms with Gasteiger partial charge in [0.25, 0.3) is 17.8 Å². The van der Waals surface area contributed by atoms with Crippen molar-refractivity contribution in [2.75, 3.05) is 18.4 Å². The number of H-pyrrole nitrogens is 1. The van der Waals surface area contributed by atoms with E-state index >= 15 is 0 Å². The molecule has 0 bridgehead atoms. The third kappa shape index (κ3) is 6.56. The summed E-state index contributed by atoms with van der Waals surface area (Å²) in [5, 5.41) is 22.6. The number of rotatable bonds is 7. The molecular weight excluding hydrogens is 614 g/mol. The van der Waals surface area contributed by atoms with Gasteiger partial charge in [0.15, 0.2) is 0 Å². The SMILES string of the molecule is [C-]#[N+]NC(=NC[C@H](NC(=O)c1c(Cl)cc2c(c1Cl)CCN(C(=O)c1ccc3cn[nH]c3c1)C2)C(=O)O)Nc1ccc(F)cc1. The maximum absolute atomic E-state index is 13.2. The number of benzene rings is 3. The molecule has 0 spiro atoms. The molecule has 0 unspecified atom stereocenters. The number of aliphatic carboxylic acids is 1. The molecule has 4 aromatic rings. The summed E-state index contributed by atoms with van der Waals surface area (Å²) in [5.41, 5.74) is 5.08. The number of halogens is 3. The largest absolute Gasteiger partial charge is 0.480 e. The van der Waals surface area contributed by atoms with E-state index in [2.05, 4.69) is 36.2 Å². The molecule has 2 heterocycles. The van der Waals surface area contributed by atoms with E-state index in [4.69, 9.17) is 29.8 Å². The normalized spacial score (nSPS) is 13.5. The quantitative estimate of drug-likeness (QED) is 0.0877. The number of hydrogen-bond acceptors (Lipinski definition) is 5. The second-order valence-corrected chi connectivity index (χ2v) is 10.5. The van der Waals surface area contributed by atoms with E-state index in [0.717, 1.165) is 10.9 Å². The highest BCUT2D eigenvalue weighted by Crippen LogP contribution is 2.35. The summed E-state index contributed by atoms with van der Waals surface area (Å²) < 4.78 is 13.2. The van der Waals surface area contributed by atoms with Gasteiger partial charge >= 0.3 is 5.97 Å². The molecule has 5 rings (SSSR count). The first-order valence-corrected chi connectivity index (χ1v) is 13.9. The predicted molar refractivity (Wildman–Crippen MR) is 162 cm³/mol.